The minimum atomic E-state index is -0.0940. The van der Waals surface area contributed by atoms with Crippen LogP contribution in [0.15, 0.2) is 72.2 Å². The highest BCUT2D eigenvalue weighted by molar-refractivity contribution is 7.17. The highest BCUT2D eigenvalue weighted by Crippen LogP contribution is 2.31. The summed E-state index contributed by atoms with van der Waals surface area (Å²) in [5, 5.41) is 8.02. The van der Waals surface area contributed by atoms with Gasteiger partial charge >= 0.3 is 6.03 Å². The highest BCUT2D eigenvalue weighted by atomic mass is 35.5. The van der Waals surface area contributed by atoms with Gasteiger partial charge in [0.05, 0.1) is 5.69 Å². The average molecular weight is 458 g/mol. The molecule has 6 rings (SSSR count). The van der Waals surface area contributed by atoms with Gasteiger partial charge in [-0.25, -0.2) is 4.79 Å². The number of carbonyl (C=O) groups is 1. The lowest BCUT2D eigenvalue weighted by atomic mass is 9.94. The zero-order valence-electron chi connectivity index (χ0n) is 17.2. The van der Waals surface area contributed by atoms with Crippen LogP contribution in [0.1, 0.15) is 11.1 Å². The molecule has 0 atom stereocenters. The van der Waals surface area contributed by atoms with Gasteiger partial charge in [-0.2, -0.15) is 0 Å². The number of halogens is 1. The van der Waals surface area contributed by atoms with Gasteiger partial charge in [0.1, 0.15) is 0 Å². The molecule has 2 amide bonds. The molecule has 158 valence electrons. The molecule has 0 saturated heterocycles. The first-order valence-electron chi connectivity index (χ1n) is 10.6. The summed E-state index contributed by atoms with van der Waals surface area (Å²) < 4.78 is 1.31. The van der Waals surface area contributed by atoms with E-state index in [1.165, 1.54) is 32.3 Å². The van der Waals surface area contributed by atoms with Crippen molar-refractivity contribution in [3.05, 3.63) is 88.4 Å². The number of fused-ring (bicyclic) bond motifs is 3. The number of benzene rings is 3. The number of H-pyrrole nitrogens is 1. The third-order valence-corrected chi connectivity index (χ3v) is 7.31. The number of urea groups is 1. The zero-order chi connectivity index (χ0) is 21.7. The van der Waals surface area contributed by atoms with E-state index >= 15 is 0 Å². The second-order valence-corrected chi connectivity index (χ2v) is 9.53. The van der Waals surface area contributed by atoms with E-state index in [-0.39, 0.29) is 6.03 Å². The summed E-state index contributed by atoms with van der Waals surface area (Å²) in [6, 6.07) is 20.9. The Bertz CT molecular complexity index is 1490. The van der Waals surface area contributed by atoms with Crippen molar-refractivity contribution in [1.82, 2.24) is 9.88 Å². The predicted molar refractivity (Wildman–Crippen MR) is 134 cm³/mol. The topological polar surface area (TPSA) is 48.1 Å². The normalized spacial score (nSPS) is 13.5. The summed E-state index contributed by atoms with van der Waals surface area (Å²) in [5.74, 6) is 0. The van der Waals surface area contributed by atoms with Crippen LogP contribution in [0, 0.1) is 0 Å². The number of nitrogens with one attached hydrogen (secondary N) is 2. The van der Waals surface area contributed by atoms with Crippen molar-refractivity contribution in [2.24, 2.45) is 0 Å². The molecule has 1 aliphatic rings. The Balaban J connectivity index is 1.21. The van der Waals surface area contributed by atoms with Crippen LogP contribution in [-0.4, -0.2) is 22.5 Å². The minimum absolute atomic E-state index is 0.0940. The molecule has 4 nitrogen and oxygen atoms in total. The molecule has 0 saturated carbocycles. The fraction of sp³-hybridized carbons (Fsp3) is 0.115. The van der Waals surface area contributed by atoms with E-state index < -0.39 is 0 Å². The highest BCUT2D eigenvalue weighted by Gasteiger charge is 2.22. The fourth-order valence-corrected chi connectivity index (χ4v) is 5.39. The first-order valence-corrected chi connectivity index (χ1v) is 11.8. The van der Waals surface area contributed by atoms with Crippen molar-refractivity contribution in [1.29, 1.82) is 0 Å². The first-order chi connectivity index (χ1) is 15.6. The van der Waals surface area contributed by atoms with Crippen molar-refractivity contribution in [2.45, 2.75) is 13.0 Å². The molecule has 2 aromatic heterocycles. The van der Waals surface area contributed by atoms with E-state index in [0.29, 0.717) is 18.1 Å². The van der Waals surface area contributed by atoms with Crippen LogP contribution in [0.4, 0.5) is 10.5 Å². The third-order valence-electron chi connectivity index (χ3n) is 6.18. The maximum absolute atomic E-state index is 13.0. The Morgan fingerprint density at radius 3 is 2.81 bits per heavy atom. The number of aromatic amines is 1. The molecule has 0 bridgehead atoms. The number of anilines is 1. The van der Waals surface area contributed by atoms with Gasteiger partial charge in [-0.1, -0.05) is 35.9 Å². The van der Waals surface area contributed by atoms with Gasteiger partial charge in [0.2, 0.25) is 0 Å². The first kappa shape index (κ1) is 19.4. The van der Waals surface area contributed by atoms with Gasteiger partial charge in [-0.05, 0) is 75.8 Å². The van der Waals surface area contributed by atoms with Crippen molar-refractivity contribution < 1.29 is 4.79 Å². The molecule has 0 aliphatic carbocycles. The molecule has 0 radical (unpaired) electrons. The average Bonchev–Trinajstić information content (AvgIpc) is 3.44. The molecule has 3 aromatic carbocycles. The number of nitrogens with zero attached hydrogens (tertiary/aromatic N) is 1. The van der Waals surface area contributed by atoms with Crippen LogP contribution in [0.2, 0.25) is 5.02 Å². The Hall–Kier alpha value is -3.28. The van der Waals surface area contributed by atoms with Gasteiger partial charge in [0, 0.05) is 39.9 Å². The SMILES string of the molecule is O=C(Nc1c[nH]c2ccc(Cl)cc12)N1CCc2cc(-c3ccc4sccc4c3)ccc2C1. The van der Waals surface area contributed by atoms with Crippen molar-refractivity contribution >= 4 is 55.6 Å². The standard InChI is InChI=1S/C26H20ClN3OS/c27-21-4-5-23-22(13-21)24(14-28-23)29-26(31)30-9-7-18-11-16(1-2-20(18)15-30)17-3-6-25-19(12-17)8-10-32-25/h1-6,8,10-14,28H,7,9,15H2,(H,29,31). The molecule has 0 spiro atoms. The van der Waals surface area contributed by atoms with Gasteiger partial charge in [-0.3, -0.25) is 0 Å². The molecule has 5 aromatic rings. The molecule has 32 heavy (non-hydrogen) atoms. The fourth-order valence-electron chi connectivity index (χ4n) is 4.44. The molecular formula is C26H20ClN3OS. The number of aromatic nitrogens is 1. The van der Waals surface area contributed by atoms with E-state index in [2.05, 4.69) is 58.1 Å². The monoisotopic (exact) mass is 457 g/mol. The number of rotatable bonds is 2. The molecule has 0 unspecified atom stereocenters. The summed E-state index contributed by atoms with van der Waals surface area (Å²) in [6.45, 7) is 1.29. The van der Waals surface area contributed by atoms with Gasteiger partial charge in [0.25, 0.3) is 0 Å². The molecule has 0 fully saturated rings. The van der Waals surface area contributed by atoms with Gasteiger partial charge in [-0.15, -0.1) is 11.3 Å². The summed E-state index contributed by atoms with van der Waals surface area (Å²) in [5.41, 5.74) is 6.67. The van der Waals surface area contributed by atoms with E-state index in [0.717, 1.165) is 23.0 Å². The molecule has 3 heterocycles. The summed E-state index contributed by atoms with van der Waals surface area (Å²) in [4.78, 5) is 18.0. The van der Waals surface area contributed by atoms with Crippen LogP contribution in [-0.2, 0) is 13.0 Å². The summed E-state index contributed by atoms with van der Waals surface area (Å²) >= 11 is 7.90. The Kier molecular flexibility index (Phi) is 4.67. The van der Waals surface area contributed by atoms with Crippen molar-refractivity contribution in [3.8, 4) is 11.1 Å². The van der Waals surface area contributed by atoms with E-state index in [1.807, 2.05) is 29.3 Å². The lowest BCUT2D eigenvalue weighted by Gasteiger charge is -2.29. The summed E-state index contributed by atoms with van der Waals surface area (Å²) in [7, 11) is 0. The molecule has 1 aliphatic heterocycles. The lowest BCUT2D eigenvalue weighted by Crippen LogP contribution is -2.38. The van der Waals surface area contributed by atoms with Gasteiger partial charge in [0.15, 0.2) is 0 Å². The minimum Gasteiger partial charge on any atom is -0.359 e. The number of hydrogen-bond donors (Lipinski definition) is 2. The largest absolute Gasteiger partial charge is 0.359 e. The van der Waals surface area contributed by atoms with Crippen LogP contribution >= 0.6 is 22.9 Å². The zero-order valence-corrected chi connectivity index (χ0v) is 18.8. The number of carbonyl (C=O) groups excluding carboxylic acids is 1. The molecule has 6 heteroatoms. The molecule has 2 N–H and O–H groups in total. The van der Waals surface area contributed by atoms with Crippen molar-refractivity contribution in [3.63, 3.8) is 0 Å². The number of thiophene rings is 1. The number of hydrogen-bond acceptors (Lipinski definition) is 2. The Morgan fingerprint density at radius 1 is 1.00 bits per heavy atom. The van der Waals surface area contributed by atoms with Crippen LogP contribution in [0.3, 0.4) is 0 Å². The predicted octanol–water partition coefficient (Wildman–Crippen LogP) is 7.29. The second-order valence-electron chi connectivity index (χ2n) is 8.15. The van der Waals surface area contributed by atoms with Crippen LogP contribution in [0.5, 0.6) is 0 Å². The third kappa shape index (κ3) is 3.44. The lowest BCUT2D eigenvalue weighted by molar-refractivity contribution is 0.206. The quantitative estimate of drug-likeness (QED) is 0.287. The smallest absolute Gasteiger partial charge is 0.322 e. The number of amides is 2. The van der Waals surface area contributed by atoms with Gasteiger partial charge < -0.3 is 15.2 Å². The molecular weight excluding hydrogens is 438 g/mol. The maximum Gasteiger partial charge on any atom is 0.322 e. The maximum atomic E-state index is 13.0. The summed E-state index contributed by atoms with van der Waals surface area (Å²) in [6.07, 6.45) is 2.66. The second kappa shape index (κ2) is 7.69. The van der Waals surface area contributed by atoms with Crippen LogP contribution in [0.25, 0.3) is 32.1 Å². The van der Waals surface area contributed by atoms with E-state index in [1.54, 1.807) is 11.3 Å². The van der Waals surface area contributed by atoms with E-state index in [9.17, 15) is 4.79 Å². The van der Waals surface area contributed by atoms with Crippen LogP contribution < -0.4 is 5.32 Å². The Labute approximate surface area is 194 Å². The van der Waals surface area contributed by atoms with Crippen molar-refractivity contribution in [2.75, 3.05) is 11.9 Å². The van der Waals surface area contributed by atoms with E-state index in [4.69, 9.17) is 11.6 Å². The Morgan fingerprint density at radius 2 is 1.88 bits per heavy atom.